The van der Waals surface area contributed by atoms with Crippen molar-refractivity contribution in [1.29, 1.82) is 0 Å². The monoisotopic (exact) mass is 271 g/mol. The van der Waals surface area contributed by atoms with E-state index in [1.807, 2.05) is 30.3 Å². The Morgan fingerprint density at radius 1 is 1.10 bits per heavy atom. The molecule has 104 valence electrons. The Hall–Kier alpha value is -2.33. The highest BCUT2D eigenvalue weighted by atomic mass is 16.5. The van der Waals surface area contributed by atoms with Crippen molar-refractivity contribution in [3.8, 4) is 11.5 Å². The quantitative estimate of drug-likeness (QED) is 0.820. The van der Waals surface area contributed by atoms with E-state index in [1.54, 1.807) is 25.3 Å². The Morgan fingerprint density at radius 3 is 2.50 bits per heavy atom. The van der Waals surface area contributed by atoms with E-state index in [1.165, 1.54) is 0 Å². The standard InChI is InChI=1S/C16H17NO3/c1-19-16-9-13(14(18)10-17)7-8-15(16)20-11-12-5-3-2-4-6-12/h2-9H,10-11,17H2,1H3. The third-order valence-corrected chi connectivity index (χ3v) is 2.91. The molecule has 20 heavy (non-hydrogen) atoms. The number of carbonyl (C=O) groups is 1. The molecule has 0 aliphatic rings. The summed E-state index contributed by atoms with van der Waals surface area (Å²) >= 11 is 0. The van der Waals surface area contributed by atoms with Crippen molar-refractivity contribution >= 4 is 5.78 Å². The molecule has 0 spiro atoms. The van der Waals surface area contributed by atoms with Crippen LogP contribution in [0, 0.1) is 0 Å². The molecule has 4 heteroatoms. The highest BCUT2D eigenvalue weighted by Crippen LogP contribution is 2.28. The number of methoxy groups -OCH3 is 1. The van der Waals surface area contributed by atoms with Gasteiger partial charge in [0.25, 0.3) is 0 Å². The van der Waals surface area contributed by atoms with Gasteiger partial charge in [0, 0.05) is 5.56 Å². The smallest absolute Gasteiger partial charge is 0.176 e. The van der Waals surface area contributed by atoms with E-state index in [0.717, 1.165) is 5.56 Å². The lowest BCUT2D eigenvalue weighted by Crippen LogP contribution is -2.13. The summed E-state index contributed by atoms with van der Waals surface area (Å²) in [5, 5.41) is 0. The van der Waals surface area contributed by atoms with Crippen LogP contribution in [0.5, 0.6) is 11.5 Å². The SMILES string of the molecule is COc1cc(C(=O)CN)ccc1OCc1ccccc1. The maximum atomic E-state index is 11.6. The fourth-order valence-corrected chi connectivity index (χ4v) is 1.81. The molecule has 0 aliphatic heterocycles. The molecule has 0 aromatic heterocycles. The summed E-state index contributed by atoms with van der Waals surface area (Å²) in [6, 6.07) is 14.9. The Labute approximate surface area is 118 Å². The number of ether oxygens (including phenoxy) is 2. The molecule has 0 heterocycles. The zero-order chi connectivity index (χ0) is 14.4. The van der Waals surface area contributed by atoms with Gasteiger partial charge in [0.1, 0.15) is 6.61 Å². The molecular formula is C16H17NO3. The predicted molar refractivity (Wildman–Crippen MR) is 77.2 cm³/mol. The van der Waals surface area contributed by atoms with E-state index in [-0.39, 0.29) is 12.3 Å². The van der Waals surface area contributed by atoms with Crippen LogP contribution in [0.4, 0.5) is 0 Å². The second-order valence-electron chi connectivity index (χ2n) is 4.27. The Morgan fingerprint density at radius 2 is 1.85 bits per heavy atom. The molecule has 0 unspecified atom stereocenters. The van der Waals surface area contributed by atoms with Gasteiger partial charge < -0.3 is 15.2 Å². The summed E-state index contributed by atoms with van der Waals surface area (Å²) in [7, 11) is 1.54. The van der Waals surface area contributed by atoms with Gasteiger partial charge in [0.05, 0.1) is 13.7 Å². The lowest BCUT2D eigenvalue weighted by Gasteiger charge is -2.11. The zero-order valence-electron chi connectivity index (χ0n) is 11.3. The second-order valence-corrected chi connectivity index (χ2v) is 4.27. The average Bonchev–Trinajstić information content (AvgIpc) is 2.53. The molecule has 2 N–H and O–H groups in total. The van der Waals surface area contributed by atoms with Crippen LogP contribution in [0.15, 0.2) is 48.5 Å². The molecule has 0 saturated carbocycles. The lowest BCUT2D eigenvalue weighted by atomic mass is 10.1. The Kier molecular flexibility index (Phi) is 4.74. The summed E-state index contributed by atoms with van der Waals surface area (Å²) in [5.74, 6) is 1.00. The van der Waals surface area contributed by atoms with Crippen molar-refractivity contribution in [2.75, 3.05) is 13.7 Å². The van der Waals surface area contributed by atoms with Crippen LogP contribution < -0.4 is 15.2 Å². The number of nitrogens with two attached hydrogens (primary N) is 1. The van der Waals surface area contributed by atoms with Crippen LogP contribution in [0.3, 0.4) is 0 Å². The summed E-state index contributed by atoms with van der Waals surface area (Å²) < 4.78 is 11.0. The highest BCUT2D eigenvalue weighted by Gasteiger charge is 2.10. The fourth-order valence-electron chi connectivity index (χ4n) is 1.81. The van der Waals surface area contributed by atoms with Crippen LogP contribution in [0.25, 0.3) is 0 Å². The van der Waals surface area contributed by atoms with Gasteiger partial charge in [-0.05, 0) is 23.8 Å². The number of benzene rings is 2. The van der Waals surface area contributed by atoms with Crippen molar-refractivity contribution < 1.29 is 14.3 Å². The summed E-state index contributed by atoms with van der Waals surface area (Å²) in [4.78, 5) is 11.6. The van der Waals surface area contributed by atoms with Crippen molar-refractivity contribution in [2.45, 2.75) is 6.61 Å². The van der Waals surface area contributed by atoms with E-state index in [9.17, 15) is 4.79 Å². The number of ketones is 1. The van der Waals surface area contributed by atoms with Gasteiger partial charge in [-0.25, -0.2) is 0 Å². The molecule has 0 fully saturated rings. The minimum absolute atomic E-state index is 0.0205. The first-order valence-corrected chi connectivity index (χ1v) is 6.32. The van der Waals surface area contributed by atoms with Crippen LogP contribution in [-0.2, 0) is 6.61 Å². The highest BCUT2D eigenvalue weighted by molar-refractivity contribution is 5.98. The van der Waals surface area contributed by atoms with E-state index < -0.39 is 0 Å². The lowest BCUT2D eigenvalue weighted by molar-refractivity contribution is 0.100. The van der Waals surface area contributed by atoms with Gasteiger partial charge in [0.2, 0.25) is 0 Å². The van der Waals surface area contributed by atoms with Crippen molar-refractivity contribution in [1.82, 2.24) is 0 Å². The molecule has 0 bridgehead atoms. The fraction of sp³-hybridized carbons (Fsp3) is 0.188. The van der Waals surface area contributed by atoms with Crippen LogP contribution in [-0.4, -0.2) is 19.4 Å². The van der Waals surface area contributed by atoms with Gasteiger partial charge in [-0.15, -0.1) is 0 Å². The number of carbonyl (C=O) groups excluding carboxylic acids is 1. The largest absolute Gasteiger partial charge is 0.493 e. The van der Waals surface area contributed by atoms with Crippen molar-refractivity contribution in [2.24, 2.45) is 5.73 Å². The summed E-state index contributed by atoms with van der Waals surface area (Å²) in [5.41, 5.74) is 6.94. The molecule has 0 radical (unpaired) electrons. The maximum absolute atomic E-state index is 11.6. The van der Waals surface area contributed by atoms with E-state index in [2.05, 4.69) is 0 Å². The summed E-state index contributed by atoms with van der Waals surface area (Å²) in [6.07, 6.45) is 0. The van der Waals surface area contributed by atoms with E-state index in [4.69, 9.17) is 15.2 Å². The first kappa shape index (κ1) is 14.1. The van der Waals surface area contributed by atoms with Crippen molar-refractivity contribution in [3.63, 3.8) is 0 Å². The van der Waals surface area contributed by atoms with Crippen LogP contribution in [0.2, 0.25) is 0 Å². The molecular weight excluding hydrogens is 254 g/mol. The Balaban J connectivity index is 2.13. The third-order valence-electron chi connectivity index (χ3n) is 2.91. The topological polar surface area (TPSA) is 61.5 Å². The minimum Gasteiger partial charge on any atom is -0.493 e. The number of hydrogen-bond acceptors (Lipinski definition) is 4. The van der Waals surface area contributed by atoms with E-state index >= 15 is 0 Å². The third kappa shape index (κ3) is 3.36. The zero-order valence-corrected chi connectivity index (χ0v) is 11.3. The van der Waals surface area contributed by atoms with E-state index in [0.29, 0.717) is 23.7 Å². The number of Topliss-reactive ketones (excluding diaryl/α,β-unsaturated/α-hetero) is 1. The number of rotatable bonds is 6. The van der Waals surface area contributed by atoms with Crippen LogP contribution >= 0.6 is 0 Å². The maximum Gasteiger partial charge on any atom is 0.176 e. The second kappa shape index (κ2) is 6.73. The average molecular weight is 271 g/mol. The summed E-state index contributed by atoms with van der Waals surface area (Å²) in [6.45, 7) is 0.425. The van der Waals surface area contributed by atoms with Crippen molar-refractivity contribution in [3.05, 3.63) is 59.7 Å². The molecule has 2 aromatic rings. The normalized spacial score (nSPS) is 10.1. The van der Waals surface area contributed by atoms with Gasteiger partial charge >= 0.3 is 0 Å². The predicted octanol–water partition coefficient (Wildman–Crippen LogP) is 2.42. The van der Waals surface area contributed by atoms with Gasteiger partial charge in [-0.3, -0.25) is 4.79 Å². The Bertz CT molecular complexity index is 582. The molecule has 0 saturated heterocycles. The molecule has 0 aliphatic carbocycles. The molecule has 0 atom stereocenters. The van der Waals surface area contributed by atoms with Gasteiger partial charge in [-0.1, -0.05) is 30.3 Å². The number of hydrogen-bond donors (Lipinski definition) is 1. The molecule has 4 nitrogen and oxygen atoms in total. The van der Waals surface area contributed by atoms with Crippen LogP contribution in [0.1, 0.15) is 15.9 Å². The molecule has 2 rings (SSSR count). The first-order chi connectivity index (χ1) is 9.74. The molecule has 0 amide bonds. The first-order valence-electron chi connectivity index (χ1n) is 6.32. The van der Waals surface area contributed by atoms with Gasteiger partial charge in [-0.2, -0.15) is 0 Å². The molecule has 2 aromatic carbocycles. The minimum atomic E-state index is -0.127. The van der Waals surface area contributed by atoms with Gasteiger partial charge in [0.15, 0.2) is 17.3 Å².